The summed E-state index contributed by atoms with van der Waals surface area (Å²) in [4.78, 5) is 43.1. The van der Waals surface area contributed by atoms with Crippen LogP contribution in [0.2, 0.25) is 5.02 Å². The van der Waals surface area contributed by atoms with Crippen molar-refractivity contribution in [3.05, 3.63) is 63.7 Å². The van der Waals surface area contributed by atoms with Crippen LogP contribution < -0.4 is 10.6 Å². The Morgan fingerprint density at radius 3 is 2.12 bits per heavy atom. The van der Waals surface area contributed by atoms with Crippen LogP contribution in [0, 0.1) is 20.8 Å². The topological polar surface area (TPSA) is 87.7 Å². The quantitative estimate of drug-likeness (QED) is 0.322. The second-order valence-corrected chi connectivity index (χ2v) is 13.4. The van der Waals surface area contributed by atoms with E-state index < -0.39 is 35.2 Å². The van der Waals surface area contributed by atoms with Crippen molar-refractivity contribution >= 4 is 47.0 Å². The molecule has 9 heteroatoms. The second kappa shape index (κ2) is 13.8. The number of hydrogen-bond acceptors (Lipinski definition) is 5. The molecule has 0 aliphatic heterocycles. The van der Waals surface area contributed by atoms with Gasteiger partial charge in [-0.05, 0) is 109 Å². The number of halogens is 1. The third-order valence-electron chi connectivity index (χ3n) is 6.48. The predicted octanol–water partition coefficient (Wildman–Crippen LogP) is 7.22. The first-order chi connectivity index (χ1) is 18.5. The minimum absolute atomic E-state index is 0.371. The number of anilines is 1. The van der Waals surface area contributed by atoms with Crippen molar-refractivity contribution in [1.82, 2.24) is 10.2 Å². The van der Waals surface area contributed by atoms with E-state index in [1.807, 2.05) is 78.1 Å². The Labute approximate surface area is 248 Å². The van der Waals surface area contributed by atoms with E-state index in [1.54, 1.807) is 43.5 Å². The van der Waals surface area contributed by atoms with Crippen LogP contribution in [0.5, 0.6) is 0 Å². The van der Waals surface area contributed by atoms with Crippen LogP contribution in [-0.4, -0.2) is 52.0 Å². The minimum atomic E-state index is -1.000. The summed E-state index contributed by atoms with van der Waals surface area (Å²) < 4.78 is 5.47. The SMILES string of the molecule is CSCCC(NC(=O)OC(C)(C)C)C(=O)N(C(C(=O)Nc1c(C)cccc1Cl)c1cccc(C)c1C)C(C)(C)C. The Bertz CT molecular complexity index is 1200. The fourth-order valence-corrected chi connectivity index (χ4v) is 5.15. The molecule has 0 saturated carbocycles. The largest absolute Gasteiger partial charge is 0.444 e. The van der Waals surface area contributed by atoms with Gasteiger partial charge in [-0.25, -0.2) is 4.79 Å². The number of aryl methyl sites for hydroxylation is 2. The Morgan fingerprint density at radius 2 is 1.57 bits per heavy atom. The standard InChI is InChI=1S/C31H44ClN3O4S/c1-19-13-11-15-22(21(19)3)26(27(36)34-25-20(2)14-12-16-23(25)32)35(30(4,5)6)28(37)24(17-18-40-10)33-29(38)39-31(7,8)9/h11-16,24,26H,17-18H2,1-10H3,(H,33,38)(H,34,36). The van der Waals surface area contributed by atoms with E-state index >= 15 is 0 Å². The van der Waals surface area contributed by atoms with Gasteiger partial charge in [0.05, 0.1) is 10.7 Å². The van der Waals surface area contributed by atoms with Gasteiger partial charge in [-0.3, -0.25) is 9.59 Å². The van der Waals surface area contributed by atoms with E-state index in [0.717, 1.165) is 16.7 Å². The molecule has 2 rings (SSSR count). The molecule has 0 heterocycles. The molecule has 2 aromatic rings. The van der Waals surface area contributed by atoms with Crippen LogP contribution in [0.3, 0.4) is 0 Å². The molecule has 0 spiro atoms. The van der Waals surface area contributed by atoms with E-state index in [0.29, 0.717) is 28.4 Å². The lowest BCUT2D eigenvalue weighted by Gasteiger charge is -2.43. The fraction of sp³-hybridized carbons (Fsp3) is 0.516. The van der Waals surface area contributed by atoms with Crippen molar-refractivity contribution in [3.8, 4) is 0 Å². The average Bonchev–Trinajstić information content (AvgIpc) is 2.82. The van der Waals surface area contributed by atoms with Gasteiger partial charge < -0.3 is 20.3 Å². The van der Waals surface area contributed by atoms with Crippen LogP contribution in [0.1, 0.15) is 76.3 Å². The maximum atomic E-state index is 14.4. The minimum Gasteiger partial charge on any atom is -0.444 e. The zero-order valence-electron chi connectivity index (χ0n) is 25.4. The molecular formula is C31H44ClN3O4S. The van der Waals surface area contributed by atoms with Crippen molar-refractivity contribution in [2.75, 3.05) is 17.3 Å². The molecule has 2 atom stereocenters. The molecule has 0 saturated heterocycles. The Kier molecular flexibility index (Phi) is 11.5. The molecule has 2 unspecified atom stereocenters. The molecule has 7 nitrogen and oxygen atoms in total. The van der Waals surface area contributed by atoms with E-state index in [2.05, 4.69) is 10.6 Å². The Balaban J connectivity index is 2.68. The lowest BCUT2D eigenvalue weighted by molar-refractivity contribution is -0.146. The first-order valence-electron chi connectivity index (χ1n) is 13.4. The zero-order chi connectivity index (χ0) is 30.4. The van der Waals surface area contributed by atoms with Crippen LogP contribution in [0.15, 0.2) is 36.4 Å². The number of nitrogens with one attached hydrogen (secondary N) is 2. The average molecular weight is 590 g/mol. The third-order valence-corrected chi connectivity index (χ3v) is 7.44. The van der Waals surface area contributed by atoms with Crippen LogP contribution >= 0.6 is 23.4 Å². The van der Waals surface area contributed by atoms with Gasteiger partial charge in [0.1, 0.15) is 17.7 Å². The molecule has 0 aliphatic carbocycles. The van der Waals surface area contributed by atoms with Gasteiger partial charge >= 0.3 is 6.09 Å². The van der Waals surface area contributed by atoms with Crippen molar-refractivity contribution in [1.29, 1.82) is 0 Å². The van der Waals surface area contributed by atoms with Crippen molar-refractivity contribution < 1.29 is 19.1 Å². The number of ether oxygens (including phenoxy) is 1. The molecule has 220 valence electrons. The van der Waals surface area contributed by atoms with Crippen LogP contribution in [0.4, 0.5) is 10.5 Å². The van der Waals surface area contributed by atoms with Gasteiger partial charge in [0.25, 0.3) is 5.91 Å². The monoisotopic (exact) mass is 589 g/mol. The fourth-order valence-electron chi connectivity index (χ4n) is 4.41. The van der Waals surface area contributed by atoms with Gasteiger partial charge in [-0.15, -0.1) is 0 Å². The summed E-state index contributed by atoms with van der Waals surface area (Å²) in [7, 11) is 0. The van der Waals surface area contributed by atoms with Crippen molar-refractivity contribution in [3.63, 3.8) is 0 Å². The first-order valence-corrected chi connectivity index (χ1v) is 15.2. The normalized spacial score (nSPS) is 13.3. The lowest BCUT2D eigenvalue weighted by Crippen LogP contribution is -2.58. The molecule has 0 fully saturated rings. The van der Waals surface area contributed by atoms with E-state index in [9.17, 15) is 14.4 Å². The van der Waals surface area contributed by atoms with Gasteiger partial charge in [0.15, 0.2) is 0 Å². The summed E-state index contributed by atoms with van der Waals surface area (Å²) in [6.45, 7) is 16.7. The molecular weight excluding hydrogens is 546 g/mol. The summed E-state index contributed by atoms with van der Waals surface area (Å²) in [6.07, 6.45) is 1.63. The maximum Gasteiger partial charge on any atom is 0.408 e. The number of rotatable bonds is 9. The highest BCUT2D eigenvalue weighted by Gasteiger charge is 2.42. The molecule has 2 N–H and O–H groups in total. The number of hydrogen-bond donors (Lipinski definition) is 2. The smallest absolute Gasteiger partial charge is 0.408 e. The van der Waals surface area contributed by atoms with Gasteiger partial charge in [0.2, 0.25) is 5.91 Å². The summed E-state index contributed by atoms with van der Waals surface area (Å²) >= 11 is 8.04. The molecule has 3 amide bonds. The van der Waals surface area contributed by atoms with Crippen LogP contribution in [0.25, 0.3) is 0 Å². The summed E-state index contributed by atoms with van der Waals surface area (Å²) in [5.41, 5.74) is 2.38. The van der Waals surface area contributed by atoms with E-state index in [1.165, 1.54) is 0 Å². The van der Waals surface area contributed by atoms with Crippen molar-refractivity contribution in [2.45, 2.75) is 92.0 Å². The Hall–Kier alpha value is -2.71. The highest BCUT2D eigenvalue weighted by molar-refractivity contribution is 7.98. The van der Waals surface area contributed by atoms with E-state index in [4.69, 9.17) is 16.3 Å². The predicted molar refractivity (Wildman–Crippen MR) is 166 cm³/mol. The number of para-hydroxylation sites is 1. The highest BCUT2D eigenvalue weighted by atomic mass is 35.5. The number of alkyl carbamates (subject to hydrolysis) is 1. The van der Waals surface area contributed by atoms with Crippen LogP contribution in [-0.2, 0) is 14.3 Å². The Morgan fingerprint density at radius 1 is 0.975 bits per heavy atom. The second-order valence-electron chi connectivity index (χ2n) is 12.0. The lowest BCUT2D eigenvalue weighted by atomic mass is 9.91. The molecule has 0 radical (unpaired) electrons. The number of thioether (sulfide) groups is 1. The summed E-state index contributed by atoms with van der Waals surface area (Å²) in [6, 6.07) is 9.23. The summed E-state index contributed by atoms with van der Waals surface area (Å²) in [5, 5.41) is 6.19. The van der Waals surface area contributed by atoms with Gasteiger partial charge in [-0.1, -0.05) is 41.9 Å². The zero-order valence-corrected chi connectivity index (χ0v) is 27.0. The van der Waals surface area contributed by atoms with Gasteiger partial charge in [0, 0.05) is 5.54 Å². The number of amides is 3. The number of carbonyl (C=O) groups is 3. The molecule has 0 aromatic heterocycles. The third kappa shape index (κ3) is 8.90. The molecule has 0 bridgehead atoms. The van der Waals surface area contributed by atoms with Gasteiger partial charge in [-0.2, -0.15) is 11.8 Å². The molecule has 2 aromatic carbocycles. The first kappa shape index (κ1) is 33.5. The number of nitrogens with zero attached hydrogens (tertiary/aromatic N) is 1. The highest BCUT2D eigenvalue weighted by Crippen LogP contribution is 2.35. The number of benzene rings is 2. The van der Waals surface area contributed by atoms with Crippen molar-refractivity contribution in [2.24, 2.45) is 0 Å². The summed E-state index contributed by atoms with van der Waals surface area (Å²) in [5.74, 6) is -0.137. The number of carbonyl (C=O) groups excluding carboxylic acids is 3. The van der Waals surface area contributed by atoms with E-state index in [-0.39, 0.29) is 5.91 Å². The maximum absolute atomic E-state index is 14.4. The molecule has 0 aliphatic rings. The molecule has 40 heavy (non-hydrogen) atoms.